The number of aromatic amines is 1. The summed E-state index contributed by atoms with van der Waals surface area (Å²) in [5.74, 6) is -0.691. The number of fused-ring (bicyclic) bond motifs is 1. The topological polar surface area (TPSA) is 36.0 Å². The van der Waals surface area contributed by atoms with Crippen LogP contribution in [0.15, 0.2) is 48.5 Å². The lowest BCUT2D eigenvalue weighted by atomic mass is 9.72. The van der Waals surface area contributed by atoms with Crippen molar-refractivity contribution in [2.45, 2.75) is 50.8 Å². The van der Waals surface area contributed by atoms with Gasteiger partial charge in [-0.3, -0.25) is 0 Å². The first kappa shape index (κ1) is 20.4. The number of aliphatic hydroxyl groups is 1. The number of para-hydroxylation sites is 1. The molecule has 2 N–H and O–H groups in total. The number of hydrogen-bond donors (Lipinski definition) is 2. The molecule has 0 saturated heterocycles. The fourth-order valence-corrected chi connectivity index (χ4v) is 3.77. The molecular formula is C22H23F4NO. The molecule has 0 saturated carbocycles. The highest BCUT2D eigenvalue weighted by Crippen LogP contribution is 2.47. The van der Waals surface area contributed by atoms with Crippen molar-refractivity contribution in [3.05, 3.63) is 71.2 Å². The second kappa shape index (κ2) is 6.92. The van der Waals surface area contributed by atoms with Gasteiger partial charge in [-0.1, -0.05) is 30.3 Å². The number of aryl methyl sites for hydroxylation is 1. The molecule has 1 heterocycles. The molecule has 150 valence electrons. The van der Waals surface area contributed by atoms with Crippen LogP contribution in [-0.2, 0) is 11.8 Å². The number of rotatable bonds is 5. The molecule has 3 rings (SSSR count). The molecule has 0 fully saturated rings. The minimum absolute atomic E-state index is 0.0156. The summed E-state index contributed by atoms with van der Waals surface area (Å²) < 4.78 is 56.0. The molecule has 2 nitrogen and oxygen atoms in total. The quantitative estimate of drug-likeness (QED) is 0.527. The molecule has 2 unspecified atom stereocenters. The summed E-state index contributed by atoms with van der Waals surface area (Å²) in [5.41, 5.74) is -2.47. The number of benzene rings is 2. The van der Waals surface area contributed by atoms with E-state index in [1.807, 2.05) is 30.3 Å². The van der Waals surface area contributed by atoms with E-state index in [2.05, 4.69) is 4.98 Å². The van der Waals surface area contributed by atoms with E-state index in [1.54, 1.807) is 0 Å². The van der Waals surface area contributed by atoms with Gasteiger partial charge in [0.2, 0.25) is 0 Å². The van der Waals surface area contributed by atoms with Crippen molar-refractivity contribution in [2.24, 2.45) is 0 Å². The summed E-state index contributed by atoms with van der Waals surface area (Å²) in [4.78, 5) is 3.13. The molecule has 6 heteroatoms. The highest BCUT2D eigenvalue weighted by molar-refractivity contribution is 5.80. The van der Waals surface area contributed by atoms with E-state index in [0.29, 0.717) is 5.69 Å². The van der Waals surface area contributed by atoms with Gasteiger partial charge in [-0.05, 0) is 61.9 Å². The number of alkyl halides is 3. The Morgan fingerprint density at radius 3 is 2.29 bits per heavy atom. The Kier molecular flexibility index (Phi) is 5.04. The zero-order chi connectivity index (χ0) is 20.7. The highest BCUT2D eigenvalue weighted by atomic mass is 19.4. The molecule has 28 heavy (non-hydrogen) atoms. The fraction of sp³-hybridized carbons (Fsp3) is 0.364. The van der Waals surface area contributed by atoms with Gasteiger partial charge in [-0.25, -0.2) is 4.39 Å². The maximum Gasteiger partial charge on any atom is 0.398 e. The van der Waals surface area contributed by atoms with Gasteiger partial charge in [-0.15, -0.1) is 0 Å². The van der Waals surface area contributed by atoms with E-state index in [4.69, 9.17) is 0 Å². The average Bonchev–Trinajstić information content (AvgIpc) is 2.96. The largest absolute Gasteiger partial charge is 0.398 e. The van der Waals surface area contributed by atoms with Crippen LogP contribution >= 0.6 is 0 Å². The Balaban J connectivity index is 1.93. The first-order valence-corrected chi connectivity index (χ1v) is 9.04. The third-order valence-corrected chi connectivity index (χ3v) is 5.33. The molecule has 0 radical (unpaired) electrons. The highest BCUT2D eigenvalue weighted by Gasteiger charge is 2.55. The van der Waals surface area contributed by atoms with Crippen LogP contribution in [0.25, 0.3) is 10.9 Å². The van der Waals surface area contributed by atoms with Gasteiger partial charge in [0.15, 0.2) is 0 Å². The minimum atomic E-state index is -4.65. The first-order chi connectivity index (χ1) is 12.9. The van der Waals surface area contributed by atoms with Gasteiger partial charge in [-0.2, -0.15) is 13.2 Å². The van der Waals surface area contributed by atoms with E-state index < -0.39 is 29.4 Å². The van der Waals surface area contributed by atoms with Gasteiger partial charge < -0.3 is 10.1 Å². The Morgan fingerprint density at radius 1 is 1.00 bits per heavy atom. The predicted molar refractivity (Wildman–Crippen MR) is 102 cm³/mol. The molecule has 0 bridgehead atoms. The van der Waals surface area contributed by atoms with Crippen LogP contribution in [0.1, 0.15) is 37.1 Å². The standard InChI is InChI=1S/C22H23F4NO/c1-14-8-9-16(11-18(14)23)21(3,22(24,25)26)13-20(2,28)12-17-10-15-6-4-5-7-19(15)27-17/h4-11,27-28H,12-13H2,1-3H3. The number of nitrogens with one attached hydrogen (secondary N) is 1. The van der Waals surface area contributed by atoms with Crippen LogP contribution < -0.4 is 0 Å². The van der Waals surface area contributed by atoms with E-state index >= 15 is 0 Å². The van der Waals surface area contributed by atoms with Crippen molar-refractivity contribution in [2.75, 3.05) is 0 Å². The summed E-state index contributed by atoms with van der Waals surface area (Å²) in [6.07, 6.45) is -5.23. The van der Waals surface area contributed by atoms with E-state index in [1.165, 1.54) is 26.0 Å². The van der Waals surface area contributed by atoms with Gasteiger partial charge in [0.1, 0.15) is 5.82 Å². The molecule has 1 aromatic heterocycles. The van der Waals surface area contributed by atoms with Gasteiger partial charge in [0, 0.05) is 17.6 Å². The SMILES string of the molecule is Cc1ccc(C(C)(CC(C)(O)Cc2cc3ccccc3[nH]2)C(F)(F)F)cc1F. The summed E-state index contributed by atoms with van der Waals surface area (Å²) >= 11 is 0. The first-order valence-electron chi connectivity index (χ1n) is 9.04. The maximum absolute atomic E-state index is 14.0. The third-order valence-electron chi connectivity index (χ3n) is 5.33. The minimum Gasteiger partial charge on any atom is -0.390 e. The monoisotopic (exact) mass is 393 g/mol. The summed E-state index contributed by atoms with van der Waals surface area (Å²) in [7, 11) is 0. The molecule has 0 spiro atoms. The van der Waals surface area contributed by atoms with Crippen LogP contribution in [0.4, 0.5) is 17.6 Å². The Hall–Kier alpha value is -2.34. The average molecular weight is 393 g/mol. The Bertz CT molecular complexity index is 957. The smallest absolute Gasteiger partial charge is 0.390 e. The van der Waals surface area contributed by atoms with E-state index in [9.17, 15) is 22.7 Å². The van der Waals surface area contributed by atoms with Crippen molar-refractivity contribution in [3.63, 3.8) is 0 Å². The molecule has 0 amide bonds. The third kappa shape index (κ3) is 3.92. The molecule has 3 aromatic rings. The van der Waals surface area contributed by atoms with Crippen LogP contribution in [0.5, 0.6) is 0 Å². The normalized spacial score (nSPS) is 16.7. The summed E-state index contributed by atoms with van der Waals surface area (Å²) in [5, 5.41) is 11.8. The van der Waals surface area contributed by atoms with Gasteiger partial charge >= 0.3 is 6.18 Å². The molecule has 0 aliphatic heterocycles. The summed E-state index contributed by atoms with van der Waals surface area (Å²) in [6.45, 7) is 3.89. The predicted octanol–water partition coefficient (Wildman–Crippen LogP) is 5.82. The lowest BCUT2D eigenvalue weighted by molar-refractivity contribution is -0.200. The zero-order valence-electron chi connectivity index (χ0n) is 16.0. The van der Waals surface area contributed by atoms with Crippen molar-refractivity contribution in [1.82, 2.24) is 4.98 Å². The Morgan fingerprint density at radius 2 is 1.68 bits per heavy atom. The number of halogens is 4. The van der Waals surface area contributed by atoms with Crippen molar-refractivity contribution in [1.29, 1.82) is 0 Å². The second-order valence-electron chi connectivity index (χ2n) is 8.03. The van der Waals surface area contributed by atoms with Crippen LogP contribution in [0.3, 0.4) is 0 Å². The van der Waals surface area contributed by atoms with E-state index in [-0.39, 0.29) is 17.5 Å². The van der Waals surface area contributed by atoms with Crippen molar-refractivity contribution < 1.29 is 22.7 Å². The molecular weight excluding hydrogens is 370 g/mol. The molecule has 0 aliphatic rings. The Labute approximate surface area is 161 Å². The lowest BCUT2D eigenvalue weighted by Gasteiger charge is -2.38. The van der Waals surface area contributed by atoms with Crippen LogP contribution in [-0.4, -0.2) is 21.9 Å². The molecule has 2 atom stereocenters. The maximum atomic E-state index is 14.0. The van der Waals surface area contributed by atoms with Crippen LogP contribution in [0, 0.1) is 12.7 Å². The molecule has 2 aromatic carbocycles. The number of H-pyrrole nitrogens is 1. The molecule has 0 aliphatic carbocycles. The van der Waals surface area contributed by atoms with Gasteiger partial charge in [0.05, 0.1) is 11.0 Å². The summed E-state index contributed by atoms with van der Waals surface area (Å²) in [6, 6.07) is 12.8. The van der Waals surface area contributed by atoms with Gasteiger partial charge in [0.25, 0.3) is 0 Å². The fourth-order valence-electron chi connectivity index (χ4n) is 3.77. The zero-order valence-corrected chi connectivity index (χ0v) is 16.0. The van der Waals surface area contributed by atoms with Crippen molar-refractivity contribution >= 4 is 10.9 Å². The van der Waals surface area contributed by atoms with Crippen molar-refractivity contribution in [3.8, 4) is 0 Å². The second-order valence-corrected chi connectivity index (χ2v) is 8.03. The number of hydrogen-bond acceptors (Lipinski definition) is 1. The number of aromatic nitrogens is 1. The lowest BCUT2D eigenvalue weighted by Crippen LogP contribution is -2.46. The van der Waals surface area contributed by atoms with E-state index in [0.717, 1.165) is 23.9 Å². The van der Waals surface area contributed by atoms with Crippen LogP contribution in [0.2, 0.25) is 0 Å².